The minimum atomic E-state index is -0.659. The van der Waals surface area contributed by atoms with Crippen LogP contribution in [0.25, 0.3) is 0 Å². The lowest BCUT2D eigenvalue weighted by Crippen LogP contribution is -2.38. The predicted molar refractivity (Wildman–Crippen MR) is 68.1 cm³/mol. The Labute approximate surface area is 111 Å². The van der Waals surface area contributed by atoms with Gasteiger partial charge in [-0.15, -0.1) is 0 Å². The zero-order chi connectivity index (χ0) is 13.8. The molecule has 1 amide bonds. The zero-order valence-electron chi connectivity index (χ0n) is 10.9. The van der Waals surface area contributed by atoms with Crippen LogP contribution < -0.4 is 5.32 Å². The van der Waals surface area contributed by atoms with E-state index in [1.165, 1.54) is 18.2 Å². The average molecular weight is 264 g/mol. The summed E-state index contributed by atoms with van der Waals surface area (Å²) >= 11 is 0. The van der Waals surface area contributed by atoms with Crippen LogP contribution in [-0.2, 0) is 4.79 Å². The van der Waals surface area contributed by atoms with Gasteiger partial charge in [0, 0.05) is 12.0 Å². The van der Waals surface area contributed by atoms with E-state index in [4.69, 9.17) is 0 Å². The third kappa shape index (κ3) is 3.59. The van der Waals surface area contributed by atoms with Gasteiger partial charge in [0.15, 0.2) is 0 Å². The van der Waals surface area contributed by atoms with Crippen LogP contribution in [0.15, 0.2) is 18.2 Å². The van der Waals surface area contributed by atoms with Crippen LogP contribution in [-0.4, -0.2) is 22.7 Å². The lowest BCUT2D eigenvalue weighted by Gasteiger charge is -2.27. The molecule has 1 aliphatic carbocycles. The lowest BCUT2D eigenvalue weighted by atomic mass is 9.84. The second-order valence-corrected chi connectivity index (χ2v) is 4.98. The molecule has 1 fully saturated rings. The third-order valence-electron chi connectivity index (χ3n) is 3.59. The maximum Gasteiger partial charge on any atom is 0.270 e. The Bertz CT molecular complexity index is 482. The quantitative estimate of drug-likeness (QED) is 0.850. The van der Waals surface area contributed by atoms with Crippen molar-refractivity contribution in [1.82, 2.24) is 10.3 Å². The molecular formula is C14H17FN2O2. The predicted octanol–water partition coefficient (Wildman–Crippen LogP) is 2.10. The van der Waals surface area contributed by atoms with E-state index in [0.717, 1.165) is 25.7 Å². The van der Waals surface area contributed by atoms with E-state index in [-0.39, 0.29) is 29.3 Å². The number of carbonyl (C=O) groups is 2. The minimum absolute atomic E-state index is 0.0492. The van der Waals surface area contributed by atoms with Crippen molar-refractivity contribution in [2.24, 2.45) is 5.92 Å². The fraction of sp³-hybridized carbons (Fsp3) is 0.500. The second kappa shape index (κ2) is 5.91. The van der Waals surface area contributed by atoms with E-state index < -0.39 is 5.95 Å². The summed E-state index contributed by atoms with van der Waals surface area (Å²) in [6.45, 7) is 1.61. The first-order chi connectivity index (χ1) is 9.06. The number of aromatic nitrogens is 1. The van der Waals surface area contributed by atoms with Crippen molar-refractivity contribution in [3.63, 3.8) is 0 Å². The molecule has 102 valence electrons. The van der Waals surface area contributed by atoms with Crippen molar-refractivity contribution in [3.05, 3.63) is 29.8 Å². The number of Topliss-reactive ketones (excluding diaryl/α,β-unsaturated/α-hetero) is 1. The van der Waals surface area contributed by atoms with Crippen LogP contribution in [0.2, 0.25) is 0 Å². The van der Waals surface area contributed by atoms with Crippen molar-refractivity contribution in [2.45, 2.75) is 38.6 Å². The minimum Gasteiger partial charge on any atom is -0.348 e. The van der Waals surface area contributed by atoms with Gasteiger partial charge < -0.3 is 5.32 Å². The molecule has 1 N–H and O–H groups in total. The van der Waals surface area contributed by atoms with E-state index in [9.17, 15) is 14.0 Å². The molecule has 19 heavy (non-hydrogen) atoms. The SMILES string of the molecule is CC(=O)[C@H]1CC[C@H](NC(=O)c2cccc(F)n2)CC1. The third-order valence-corrected chi connectivity index (χ3v) is 3.59. The van der Waals surface area contributed by atoms with Crippen molar-refractivity contribution in [3.8, 4) is 0 Å². The van der Waals surface area contributed by atoms with Crippen LogP contribution in [0.1, 0.15) is 43.1 Å². The number of pyridine rings is 1. The number of hydrogen-bond donors (Lipinski definition) is 1. The Morgan fingerprint density at radius 3 is 2.53 bits per heavy atom. The number of rotatable bonds is 3. The number of carbonyl (C=O) groups excluding carboxylic acids is 2. The smallest absolute Gasteiger partial charge is 0.270 e. The summed E-state index contributed by atoms with van der Waals surface area (Å²) < 4.78 is 12.9. The number of ketones is 1. The summed E-state index contributed by atoms with van der Waals surface area (Å²) in [6, 6.07) is 4.20. The highest BCUT2D eigenvalue weighted by Crippen LogP contribution is 2.25. The highest BCUT2D eigenvalue weighted by Gasteiger charge is 2.25. The first-order valence-corrected chi connectivity index (χ1v) is 6.50. The standard InChI is InChI=1S/C14H17FN2O2/c1-9(18)10-5-7-11(8-6-10)16-14(19)12-3-2-4-13(15)17-12/h2-4,10-11H,5-8H2,1H3,(H,16,19)/t10-,11-. The maximum atomic E-state index is 12.9. The summed E-state index contributed by atoms with van der Waals surface area (Å²) in [7, 11) is 0. The largest absolute Gasteiger partial charge is 0.348 e. The van der Waals surface area contributed by atoms with Crippen LogP contribution in [0, 0.1) is 11.9 Å². The summed E-state index contributed by atoms with van der Waals surface area (Å²) in [4.78, 5) is 26.7. The van der Waals surface area contributed by atoms with Crippen LogP contribution in [0.5, 0.6) is 0 Å². The molecule has 1 saturated carbocycles. The first kappa shape index (κ1) is 13.6. The molecule has 5 heteroatoms. The Morgan fingerprint density at radius 2 is 1.95 bits per heavy atom. The highest BCUT2D eigenvalue weighted by atomic mass is 19.1. The van der Waals surface area contributed by atoms with E-state index in [1.807, 2.05) is 0 Å². The van der Waals surface area contributed by atoms with Gasteiger partial charge in [-0.1, -0.05) is 6.07 Å². The van der Waals surface area contributed by atoms with Gasteiger partial charge in [-0.25, -0.2) is 4.98 Å². The van der Waals surface area contributed by atoms with E-state index in [1.54, 1.807) is 6.92 Å². The fourth-order valence-electron chi connectivity index (χ4n) is 2.44. The molecule has 0 saturated heterocycles. The zero-order valence-corrected chi connectivity index (χ0v) is 10.9. The molecule has 0 unspecified atom stereocenters. The molecule has 0 atom stereocenters. The van der Waals surface area contributed by atoms with Crippen molar-refractivity contribution in [2.75, 3.05) is 0 Å². The van der Waals surface area contributed by atoms with E-state index >= 15 is 0 Å². The van der Waals surface area contributed by atoms with Gasteiger partial charge in [-0.3, -0.25) is 9.59 Å². The monoisotopic (exact) mass is 264 g/mol. The normalized spacial score (nSPS) is 22.8. The Hall–Kier alpha value is -1.78. The molecule has 0 bridgehead atoms. The summed E-state index contributed by atoms with van der Waals surface area (Å²) in [6.07, 6.45) is 3.17. The highest BCUT2D eigenvalue weighted by molar-refractivity contribution is 5.92. The summed E-state index contributed by atoms with van der Waals surface area (Å²) in [5, 5.41) is 2.84. The van der Waals surface area contributed by atoms with Gasteiger partial charge in [0.25, 0.3) is 5.91 Å². The molecule has 2 rings (SSSR count). The Morgan fingerprint density at radius 1 is 1.26 bits per heavy atom. The van der Waals surface area contributed by atoms with E-state index in [0.29, 0.717) is 0 Å². The summed E-state index contributed by atoms with van der Waals surface area (Å²) in [5.41, 5.74) is 0.0914. The molecule has 1 aliphatic rings. The molecule has 1 heterocycles. The van der Waals surface area contributed by atoms with Gasteiger partial charge >= 0.3 is 0 Å². The Balaban J connectivity index is 1.89. The number of nitrogens with zero attached hydrogens (tertiary/aromatic N) is 1. The molecular weight excluding hydrogens is 247 g/mol. The van der Waals surface area contributed by atoms with Gasteiger partial charge in [0.2, 0.25) is 5.95 Å². The van der Waals surface area contributed by atoms with Gasteiger partial charge in [0.1, 0.15) is 11.5 Å². The van der Waals surface area contributed by atoms with Crippen LogP contribution >= 0.6 is 0 Å². The maximum absolute atomic E-state index is 12.9. The Kier molecular flexibility index (Phi) is 4.24. The summed E-state index contributed by atoms with van der Waals surface area (Å²) in [5.74, 6) is -0.671. The molecule has 0 spiro atoms. The number of halogens is 1. The molecule has 0 aliphatic heterocycles. The molecule has 1 aromatic heterocycles. The first-order valence-electron chi connectivity index (χ1n) is 6.50. The molecule has 4 nitrogen and oxygen atoms in total. The van der Waals surface area contributed by atoms with Crippen molar-refractivity contribution >= 4 is 11.7 Å². The fourth-order valence-corrected chi connectivity index (χ4v) is 2.44. The number of nitrogens with one attached hydrogen (secondary N) is 1. The van der Waals surface area contributed by atoms with Crippen molar-refractivity contribution < 1.29 is 14.0 Å². The van der Waals surface area contributed by atoms with Crippen LogP contribution in [0.4, 0.5) is 4.39 Å². The number of amides is 1. The van der Waals surface area contributed by atoms with Gasteiger partial charge in [-0.2, -0.15) is 4.39 Å². The molecule has 0 radical (unpaired) electrons. The van der Waals surface area contributed by atoms with Gasteiger partial charge in [0.05, 0.1) is 0 Å². The van der Waals surface area contributed by atoms with Crippen LogP contribution in [0.3, 0.4) is 0 Å². The van der Waals surface area contributed by atoms with Gasteiger partial charge in [-0.05, 0) is 44.7 Å². The lowest BCUT2D eigenvalue weighted by molar-refractivity contribution is -0.121. The number of hydrogen-bond acceptors (Lipinski definition) is 3. The topological polar surface area (TPSA) is 59.1 Å². The van der Waals surface area contributed by atoms with Crippen molar-refractivity contribution in [1.29, 1.82) is 0 Å². The average Bonchev–Trinajstić information content (AvgIpc) is 2.39. The molecule has 1 aromatic rings. The molecule has 0 aromatic carbocycles. The van der Waals surface area contributed by atoms with E-state index in [2.05, 4.69) is 10.3 Å². The second-order valence-electron chi connectivity index (χ2n) is 4.98.